The van der Waals surface area contributed by atoms with Crippen LogP contribution in [0.4, 0.5) is 4.79 Å². The third-order valence-corrected chi connectivity index (χ3v) is 3.79. The Kier molecular flexibility index (Phi) is 6.37. The van der Waals surface area contributed by atoms with E-state index in [-0.39, 0.29) is 31.5 Å². The molecule has 2 rings (SSSR count). The Bertz CT molecular complexity index is 670. The summed E-state index contributed by atoms with van der Waals surface area (Å²) in [6.07, 6.45) is 0.383. The Morgan fingerprint density at radius 3 is 2.69 bits per heavy atom. The summed E-state index contributed by atoms with van der Waals surface area (Å²) in [7, 11) is 0. The van der Waals surface area contributed by atoms with E-state index in [0.29, 0.717) is 5.76 Å². The highest BCUT2D eigenvalue weighted by atomic mass is 16.5. The van der Waals surface area contributed by atoms with Gasteiger partial charge in [0.05, 0.1) is 18.7 Å². The summed E-state index contributed by atoms with van der Waals surface area (Å²) < 4.78 is 10.3. The van der Waals surface area contributed by atoms with Gasteiger partial charge in [0, 0.05) is 19.0 Å². The van der Waals surface area contributed by atoms with Crippen molar-refractivity contribution in [3.63, 3.8) is 0 Å². The maximum atomic E-state index is 12.2. The van der Waals surface area contributed by atoms with Gasteiger partial charge < -0.3 is 19.4 Å². The number of nitrogens with one attached hydrogen (secondary N) is 2. The smallest absolute Gasteiger partial charge is 0.321 e. The summed E-state index contributed by atoms with van der Waals surface area (Å²) in [5, 5.41) is 4.60. The Labute approximate surface area is 151 Å². The molecule has 4 amide bonds. The standard InChI is InChI=1S/C17H23N3O6/c1-10(2)18-17(24)19-15(22)11(3)26-16(23)12-7-14(21)20(8-12)9-13-5-4-6-25-13/h4-6,10-12H,7-9H2,1-3H3,(H2,18,19,22,24)/t11-,12+/m1/s1. The number of ether oxygens (including phenoxy) is 1. The summed E-state index contributed by atoms with van der Waals surface area (Å²) >= 11 is 0. The first kappa shape index (κ1) is 19.5. The number of hydrogen-bond donors (Lipinski definition) is 2. The lowest BCUT2D eigenvalue weighted by atomic mass is 10.1. The molecule has 2 atom stereocenters. The van der Waals surface area contributed by atoms with Crippen molar-refractivity contribution in [2.75, 3.05) is 6.54 Å². The third kappa shape index (κ3) is 5.33. The molecular formula is C17H23N3O6. The fraction of sp³-hybridized carbons (Fsp3) is 0.529. The van der Waals surface area contributed by atoms with Crippen LogP contribution >= 0.6 is 0 Å². The van der Waals surface area contributed by atoms with Crippen molar-refractivity contribution in [1.82, 2.24) is 15.5 Å². The molecule has 9 nitrogen and oxygen atoms in total. The van der Waals surface area contributed by atoms with Crippen LogP contribution in [-0.2, 0) is 25.7 Å². The van der Waals surface area contributed by atoms with Gasteiger partial charge in [-0.3, -0.25) is 19.7 Å². The molecule has 1 aromatic heterocycles. The molecule has 1 aromatic rings. The summed E-state index contributed by atoms with van der Waals surface area (Å²) in [5.74, 6) is -1.59. The second-order valence-corrected chi connectivity index (χ2v) is 6.45. The zero-order valence-corrected chi connectivity index (χ0v) is 15.0. The lowest BCUT2D eigenvalue weighted by Crippen LogP contribution is -2.47. The summed E-state index contributed by atoms with van der Waals surface area (Å²) in [5.41, 5.74) is 0. The SMILES string of the molecule is CC(C)NC(=O)NC(=O)[C@@H](C)OC(=O)[C@H]1CC(=O)N(Cc2ccco2)C1. The number of rotatable bonds is 6. The van der Waals surface area contributed by atoms with E-state index in [9.17, 15) is 19.2 Å². The van der Waals surface area contributed by atoms with Crippen molar-refractivity contribution in [3.8, 4) is 0 Å². The van der Waals surface area contributed by atoms with Gasteiger partial charge in [0.2, 0.25) is 5.91 Å². The minimum Gasteiger partial charge on any atom is -0.467 e. The molecule has 1 saturated heterocycles. The molecule has 9 heteroatoms. The van der Waals surface area contributed by atoms with Gasteiger partial charge in [0.25, 0.3) is 5.91 Å². The van der Waals surface area contributed by atoms with Crippen molar-refractivity contribution in [2.24, 2.45) is 5.92 Å². The van der Waals surface area contributed by atoms with E-state index < -0.39 is 29.9 Å². The maximum absolute atomic E-state index is 12.2. The van der Waals surface area contributed by atoms with Crippen LogP contribution in [0, 0.1) is 5.92 Å². The summed E-state index contributed by atoms with van der Waals surface area (Å²) in [6, 6.07) is 2.67. The summed E-state index contributed by atoms with van der Waals surface area (Å²) in [4.78, 5) is 49.1. The number of imide groups is 1. The topological polar surface area (TPSA) is 118 Å². The van der Waals surface area contributed by atoms with Crippen molar-refractivity contribution < 1.29 is 28.3 Å². The van der Waals surface area contributed by atoms with E-state index in [1.165, 1.54) is 18.1 Å². The Morgan fingerprint density at radius 1 is 1.35 bits per heavy atom. The number of urea groups is 1. The molecule has 0 bridgehead atoms. The lowest BCUT2D eigenvalue weighted by molar-refractivity contribution is -0.158. The van der Waals surface area contributed by atoms with Crippen LogP contribution in [0.3, 0.4) is 0 Å². The normalized spacial score (nSPS) is 17.9. The zero-order chi connectivity index (χ0) is 19.3. The van der Waals surface area contributed by atoms with Crippen LogP contribution < -0.4 is 10.6 Å². The molecule has 26 heavy (non-hydrogen) atoms. The number of carbonyl (C=O) groups is 4. The molecule has 142 valence electrons. The molecule has 0 saturated carbocycles. The van der Waals surface area contributed by atoms with Crippen molar-refractivity contribution >= 4 is 23.8 Å². The molecule has 1 fully saturated rings. The van der Waals surface area contributed by atoms with Gasteiger partial charge in [-0.05, 0) is 32.9 Å². The Morgan fingerprint density at radius 2 is 2.08 bits per heavy atom. The van der Waals surface area contributed by atoms with Gasteiger partial charge in [-0.2, -0.15) is 0 Å². The number of amides is 4. The van der Waals surface area contributed by atoms with E-state index in [1.807, 2.05) is 0 Å². The van der Waals surface area contributed by atoms with Crippen molar-refractivity contribution in [1.29, 1.82) is 0 Å². The Balaban J connectivity index is 1.82. The van der Waals surface area contributed by atoms with Crippen LogP contribution in [-0.4, -0.2) is 47.4 Å². The molecule has 1 aliphatic heterocycles. The molecule has 2 heterocycles. The fourth-order valence-corrected chi connectivity index (χ4v) is 2.51. The highest BCUT2D eigenvalue weighted by molar-refractivity contribution is 5.97. The van der Waals surface area contributed by atoms with Gasteiger partial charge in [0.1, 0.15) is 5.76 Å². The van der Waals surface area contributed by atoms with E-state index >= 15 is 0 Å². The molecule has 0 aromatic carbocycles. The molecule has 0 aliphatic carbocycles. The van der Waals surface area contributed by atoms with Crippen LogP contribution in [0.15, 0.2) is 22.8 Å². The molecular weight excluding hydrogens is 342 g/mol. The first-order valence-electron chi connectivity index (χ1n) is 8.38. The van der Waals surface area contributed by atoms with Crippen molar-refractivity contribution in [2.45, 2.75) is 45.9 Å². The van der Waals surface area contributed by atoms with Crippen molar-refractivity contribution in [3.05, 3.63) is 24.2 Å². The third-order valence-electron chi connectivity index (χ3n) is 3.79. The monoisotopic (exact) mass is 365 g/mol. The molecule has 0 spiro atoms. The van der Waals surface area contributed by atoms with Crippen LogP contribution in [0.2, 0.25) is 0 Å². The zero-order valence-electron chi connectivity index (χ0n) is 15.0. The molecule has 2 N–H and O–H groups in total. The highest BCUT2D eigenvalue weighted by Crippen LogP contribution is 2.22. The molecule has 1 aliphatic rings. The van der Waals surface area contributed by atoms with Gasteiger partial charge in [-0.1, -0.05) is 0 Å². The van der Waals surface area contributed by atoms with Crippen LogP contribution in [0.25, 0.3) is 0 Å². The van der Waals surface area contributed by atoms with Gasteiger partial charge in [0.15, 0.2) is 6.10 Å². The quantitative estimate of drug-likeness (QED) is 0.720. The number of nitrogens with zero attached hydrogens (tertiary/aromatic N) is 1. The van der Waals surface area contributed by atoms with Gasteiger partial charge in [-0.15, -0.1) is 0 Å². The minimum atomic E-state index is -1.14. The number of carbonyl (C=O) groups excluding carboxylic acids is 4. The second-order valence-electron chi connectivity index (χ2n) is 6.45. The van der Waals surface area contributed by atoms with E-state index in [2.05, 4.69) is 10.6 Å². The lowest BCUT2D eigenvalue weighted by Gasteiger charge is -2.17. The average molecular weight is 365 g/mol. The molecule has 0 unspecified atom stereocenters. The number of hydrogen-bond acceptors (Lipinski definition) is 6. The average Bonchev–Trinajstić information content (AvgIpc) is 3.17. The highest BCUT2D eigenvalue weighted by Gasteiger charge is 2.37. The second kappa shape index (κ2) is 8.50. The number of likely N-dealkylation sites (tertiary alicyclic amines) is 1. The minimum absolute atomic E-state index is 0.0156. The predicted octanol–water partition coefficient (Wildman–Crippen LogP) is 0.794. The predicted molar refractivity (Wildman–Crippen MR) is 89.6 cm³/mol. The first-order chi connectivity index (χ1) is 12.3. The van der Waals surface area contributed by atoms with Crippen LogP contribution in [0.5, 0.6) is 0 Å². The largest absolute Gasteiger partial charge is 0.467 e. The van der Waals surface area contributed by atoms with Crippen LogP contribution in [0.1, 0.15) is 33.0 Å². The molecule has 0 radical (unpaired) electrons. The fourth-order valence-electron chi connectivity index (χ4n) is 2.51. The maximum Gasteiger partial charge on any atom is 0.321 e. The van der Waals surface area contributed by atoms with E-state index in [1.54, 1.807) is 26.0 Å². The van der Waals surface area contributed by atoms with E-state index in [4.69, 9.17) is 9.15 Å². The first-order valence-corrected chi connectivity index (χ1v) is 8.38. The number of furan rings is 1. The van der Waals surface area contributed by atoms with E-state index in [0.717, 1.165) is 0 Å². The Hall–Kier alpha value is -2.84. The van der Waals surface area contributed by atoms with Gasteiger partial charge >= 0.3 is 12.0 Å². The summed E-state index contributed by atoms with van der Waals surface area (Å²) in [6.45, 7) is 5.34. The van der Waals surface area contributed by atoms with Gasteiger partial charge in [-0.25, -0.2) is 4.79 Å². The number of esters is 1.